The maximum atomic E-state index is 12.0. The third-order valence-electron chi connectivity index (χ3n) is 4.26. The molecule has 1 heterocycles. The molecule has 1 saturated carbocycles. The van der Waals surface area contributed by atoms with E-state index in [2.05, 4.69) is 0 Å². The predicted molar refractivity (Wildman–Crippen MR) is 89.9 cm³/mol. The normalized spacial score (nSPS) is 15.5. The van der Waals surface area contributed by atoms with Gasteiger partial charge >= 0.3 is 4.87 Å². The number of fused-ring (bicyclic) bond motifs is 1. The molecule has 1 aromatic heterocycles. The minimum Gasteiger partial charge on any atom is -0.506 e. The van der Waals surface area contributed by atoms with Crippen LogP contribution in [-0.4, -0.2) is 21.2 Å². The summed E-state index contributed by atoms with van der Waals surface area (Å²) in [5.41, 5.74) is 1.80. The monoisotopic (exact) mass is 331 g/mol. The second kappa shape index (κ2) is 5.77. The lowest BCUT2D eigenvalue weighted by Crippen LogP contribution is -2.20. The highest BCUT2D eigenvalue weighted by Crippen LogP contribution is 2.31. The molecule has 0 unspecified atom stereocenters. The third-order valence-corrected chi connectivity index (χ3v) is 5.20. The molecule has 1 aliphatic rings. The average Bonchev–Trinajstić information content (AvgIpc) is 2.83. The van der Waals surface area contributed by atoms with Crippen LogP contribution in [0.1, 0.15) is 37.3 Å². The highest BCUT2D eigenvalue weighted by Gasteiger charge is 2.28. The molecule has 3 rings (SSSR count). The molecule has 2 aromatic rings. The van der Waals surface area contributed by atoms with E-state index in [1.54, 1.807) is 23.6 Å². The summed E-state index contributed by atoms with van der Waals surface area (Å²) in [7, 11) is 0. The van der Waals surface area contributed by atoms with Gasteiger partial charge < -0.3 is 5.11 Å². The number of aryl methyl sites for hydroxylation is 2. The molecular formula is C17H17NO4S. The number of hydrogen-bond acceptors (Lipinski definition) is 5. The van der Waals surface area contributed by atoms with E-state index in [-0.39, 0.29) is 40.6 Å². The van der Waals surface area contributed by atoms with Crippen molar-refractivity contribution in [1.82, 2.24) is 4.57 Å². The number of thiazole rings is 1. The number of Topliss-reactive ketones (excluding diaryl/α,β-unsaturated/α-hetero) is 2. The van der Waals surface area contributed by atoms with Crippen molar-refractivity contribution in [3.63, 3.8) is 0 Å². The Hall–Kier alpha value is -2.21. The summed E-state index contributed by atoms with van der Waals surface area (Å²) in [5.74, 6) is -0.881. The van der Waals surface area contributed by atoms with Crippen molar-refractivity contribution in [3.8, 4) is 0 Å². The first kappa shape index (κ1) is 15.7. The van der Waals surface area contributed by atoms with Crippen LogP contribution in [0, 0.1) is 6.92 Å². The maximum absolute atomic E-state index is 12.0. The number of carbonyl (C=O) groups excluding carboxylic acids is 2. The molecule has 0 saturated heterocycles. The largest absolute Gasteiger partial charge is 0.506 e. The van der Waals surface area contributed by atoms with Gasteiger partial charge in [-0.1, -0.05) is 11.3 Å². The second-order valence-corrected chi connectivity index (χ2v) is 6.61. The van der Waals surface area contributed by atoms with Gasteiger partial charge in [0.2, 0.25) is 0 Å². The number of benzene rings is 1. The first-order valence-electron chi connectivity index (χ1n) is 7.58. The molecule has 23 heavy (non-hydrogen) atoms. The Bertz CT molecular complexity index is 899. The number of allylic oxidation sites excluding steroid dienone is 1. The Morgan fingerprint density at radius 2 is 1.87 bits per heavy atom. The molecule has 0 atom stereocenters. The highest BCUT2D eigenvalue weighted by molar-refractivity contribution is 7.16. The second-order valence-electron chi connectivity index (χ2n) is 5.62. The Morgan fingerprint density at radius 1 is 1.22 bits per heavy atom. The van der Waals surface area contributed by atoms with Crippen molar-refractivity contribution < 1.29 is 14.7 Å². The molecule has 5 nitrogen and oxygen atoms in total. The molecule has 120 valence electrons. The lowest BCUT2D eigenvalue weighted by molar-refractivity contribution is -0.123. The van der Waals surface area contributed by atoms with E-state index in [9.17, 15) is 19.5 Å². The van der Waals surface area contributed by atoms with Crippen molar-refractivity contribution in [2.24, 2.45) is 0 Å². The molecule has 1 aromatic carbocycles. The summed E-state index contributed by atoms with van der Waals surface area (Å²) in [6.45, 7) is 4.20. The van der Waals surface area contributed by atoms with Gasteiger partial charge in [0.05, 0.1) is 10.2 Å². The van der Waals surface area contributed by atoms with Crippen LogP contribution in [0.25, 0.3) is 16.0 Å². The Morgan fingerprint density at radius 3 is 2.48 bits per heavy atom. The molecule has 0 spiro atoms. The maximum Gasteiger partial charge on any atom is 0.308 e. The SMILES string of the molecule is CCn1c(=O)sc2ccc(C(O)=C3C(=O)CCCC3=O)c(C)c21. The van der Waals surface area contributed by atoms with E-state index < -0.39 is 0 Å². The Labute approximate surface area is 136 Å². The first-order valence-corrected chi connectivity index (χ1v) is 8.40. The fourth-order valence-electron chi connectivity index (χ4n) is 3.09. The molecule has 0 amide bonds. The van der Waals surface area contributed by atoms with Crippen LogP contribution in [0.4, 0.5) is 0 Å². The first-order chi connectivity index (χ1) is 11.0. The molecule has 1 fully saturated rings. The zero-order chi connectivity index (χ0) is 16.7. The molecule has 1 aliphatic carbocycles. The summed E-state index contributed by atoms with van der Waals surface area (Å²) in [6, 6.07) is 3.43. The van der Waals surface area contributed by atoms with Crippen molar-refractivity contribution in [2.75, 3.05) is 0 Å². The Balaban J connectivity index is 2.28. The number of aliphatic hydroxyl groups is 1. The molecule has 0 radical (unpaired) electrons. The molecule has 6 heteroatoms. The molecule has 0 bridgehead atoms. The lowest BCUT2D eigenvalue weighted by atomic mass is 9.89. The smallest absolute Gasteiger partial charge is 0.308 e. The third kappa shape index (κ3) is 2.43. The van der Waals surface area contributed by atoms with Gasteiger partial charge in [0.1, 0.15) is 11.3 Å². The number of aliphatic hydroxyl groups excluding tert-OH is 1. The van der Waals surface area contributed by atoms with E-state index in [1.807, 2.05) is 6.92 Å². The molecular weight excluding hydrogens is 314 g/mol. The van der Waals surface area contributed by atoms with Gasteiger partial charge in [-0.15, -0.1) is 0 Å². The predicted octanol–water partition coefficient (Wildman–Crippen LogP) is 2.98. The molecule has 0 aliphatic heterocycles. The van der Waals surface area contributed by atoms with Crippen molar-refractivity contribution in [1.29, 1.82) is 0 Å². The van der Waals surface area contributed by atoms with Gasteiger partial charge in [-0.3, -0.25) is 19.0 Å². The summed E-state index contributed by atoms with van der Waals surface area (Å²) in [4.78, 5) is 36.0. The quantitative estimate of drug-likeness (QED) is 0.521. The topological polar surface area (TPSA) is 76.4 Å². The van der Waals surface area contributed by atoms with Crippen LogP contribution in [0.2, 0.25) is 0 Å². The van der Waals surface area contributed by atoms with Crippen LogP contribution in [0.3, 0.4) is 0 Å². The zero-order valence-corrected chi connectivity index (χ0v) is 13.8. The minimum absolute atomic E-state index is 0.0558. The van der Waals surface area contributed by atoms with Gasteiger partial charge in [0, 0.05) is 24.9 Å². The van der Waals surface area contributed by atoms with Crippen molar-refractivity contribution in [2.45, 2.75) is 39.7 Å². The highest BCUT2D eigenvalue weighted by atomic mass is 32.1. The van der Waals surface area contributed by atoms with Gasteiger partial charge in [0.15, 0.2) is 11.6 Å². The number of hydrogen-bond donors (Lipinski definition) is 1. The number of ketones is 2. The average molecular weight is 331 g/mol. The van der Waals surface area contributed by atoms with Gasteiger partial charge in [-0.05, 0) is 38.0 Å². The lowest BCUT2D eigenvalue weighted by Gasteiger charge is -2.15. The van der Waals surface area contributed by atoms with E-state index in [1.165, 1.54) is 0 Å². The van der Waals surface area contributed by atoms with E-state index in [0.717, 1.165) is 21.6 Å². The fourth-order valence-corrected chi connectivity index (χ4v) is 4.11. The number of carbonyl (C=O) groups is 2. The van der Waals surface area contributed by atoms with Gasteiger partial charge in [-0.2, -0.15) is 0 Å². The summed E-state index contributed by atoms with van der Waals surface area (Å²) >= 11 is 1.15. The fraction of sp³-hybridized carbons (Fsp3) is 0.353. The van der Waals surface area contributed by atoms with E-state index in [0.29, 0.717) is 24.1 Å². The van der Waals surface area contributed by atoms with Crippen LogP contribution in [0.15, 0.2) is 22.5 Å². The van der Waals surface area contributed by atoms with Gasteiger partial charge in [0.25, 0.3) is 0 Å². The van der Waals surface area contributed by atoms with Crippen LogP contribution in [-0.2, 0) is 16.1 Å². The van der Waals surface area contributed by atoms with Crippen molar-refractivity contribution >= 4 is 38.9 Å². The standard InChI is InChI=1S/C17H17NO4S/c1-3-18-15-9(2)10(7-8-13(15)23-17(18)22)16(21)14-11(19)5-4-6-12(14)20/h7-8,21H,3-6H2,1-2H3. The number of aromatic nitrogens is 1. The van der Waals surface area contributed by atoms with Crippen LogP contribution in [0.5, 0.6) is 0 Å². The summed E-state index contributed by atoms with van der Waals surface area (Å²) < 4.78 is 2.47. The van der Waals surface area contributed by atoms with Gasteiger partial charge in [-0.25, -0.2) is 0 Å². The summed E-state index contributed by atoms with van der Waals surface area (Å²) in [5, 5.41) is 10.6. The van der Waals surface area contributed by atoms with E-state index in [4.69, 9.17) is 0 Å². The zero-order valence-electron chi connectivity index (χ0n) is 13.0. The minimum atomic E-state index is -0.309. The Kier molecular flexibility index (Phi) is 3.93. The van der Waals surface area contributed by atoms with E-state index >= 15 is 0 Å². The number of rotatable bonds is 2. The number of nitrogens with zero attached hydrogens (tertiary/aromatic N) is 1. The van der Waals surface area contributed by atoms with Crippen molar-refractivity contribution in [3.05, 3.63) is 38.5 Å². The summed E-state index contributed by atoms with van der Waals surface area (Å²) in [6.07, 6.45) is 1.10. The van der Waals surface area contributed by atoms with Crippen LogP contribution >= 0.6 is 11.3 Å². The van der Waals surface area contributed by atoms with Crippen LogP contribution < -0.4 is 4.87 Å². The molecule has 1 N–H and O–H groups in total.